The van der Waals surface area contributed by atoms with Gasteiger partial charge in [-0.25, -0.2) is 4.98 Å². The number of nitrogens with zero attached hydrogens (tertiary/aromatic N) is 2. The Kier molecular flexibility index (Phi) is 4.32. The highest BCUT2D eigenvalue weighted by Gasteiger charge is 2.22. The minimum Gasteiger partial charge on any atom is -0.315 e. The van der Waals surface area contributed by atoms with Crippen LogP contribution in [0.1, 0.15) is 30.3 Å². The molecule has 1 atom stereocenters. The average molecular weight is 239 g/mol. The van der Waals surface area contributed by atoms with Crippen LogP contribution in [0.2, 0.25) is 0 Å². The van der Waals surface area contributed by atoms with Crippen LogP contribution in [-0.2, 0) is 6.54 Å². The van der Waals surface area contributed by atoms with Crippen LogP contribution in [-0.4, -0.2) is 35.6 Å². The first-order valence-corrected chi connectivity index (χ1v) is 7.03. The topological polar surface area (TPSA) is 28.2 Å². The molecule has 0 aliphatic carbocycles. The standard InChI is InChI=1S/C12H21N3S/c1-3-6-15(11-4-5-13-7-11)8-12-10(2)14-9-16-12/h9,11,13H,3-8H2,1-2H3. The van der Waals surface area contributed by atoms with Gasteiger partial charge in [-0.05, 0) is 32.9 Å². The largest absolute Gasteiger partial charge is 0.315 e. The van der Waals surface area contributed by atoms with Gasteiger partial charge in [-0.3, -0.25) is 4.90 Å². The predicted molar refractivity (Wildman–Crippen MR) is 68.8 cm³/mol. The fraction of sp³-hybridized carbons (Fsp3) is 0.750. The number of aryl methyl sites for hydroxylation is 1. The van der Waals surface area contributed by atoms with Crippen molar-refractivity contribution in [1.29, 1.82) is 0 Å². The SMILES string of the molecule is CCCN(Cc1scnc1C)C1CCNC1. The first kappa shape index (κ1) is 12.0. The Labute approximate surface area is 102 Å². The maximum absolute atomic E-state index is 4.33. The van der Waals surface area contributed by atoms with Gasteiger partial charge in [0.25, 0.3) is 0 Å². The van der Waals surface area contributed by atoms with Crippen molar-refractivity contribution in [3.8, 4) is 0 Å². The summed E-state index contributed by atoms with van der Waals surface area (Å²) in [4.78, 5) is 8.38. The van der Waals surface area contributed by atoms with Crippen LogP contribution in [0.15, 0.2) is 5.51 Å². The zero-order valence-electron chi connectivity index (χ0n) is 10.2. The van der Waals surface area contributed by atoms with Crippen molar-refractivity contribution in [1.82, 2.24) is 15.2 Å². The molecule has 4 heteroatoms. The summed E-state index contributed by atoms with van der Waals surface area (Å²) in [5, 5.41) is 3.45. The maximum Gasteiger partial charge on any atom is 0.0798 e. The molecule has 1 N–H and O–H groups in total. The monoisotopic (exact) mass is 239 g/mol. The molecule has 90 valence electrons. The highest BCUT2D eigenvalue weighted by Crippen LogP contribution is 2.19. The van der Waals surface area contributed by atoms with E-state index in [9.17, 15) is 0 Å². The van der Waals surface area contributed by atoms with Crippen molar-refractivity contribution < 1.29 is 0 Å². The van der Waals surface area contributed by atoms with Crippen LogP contribution in [0, 0.1) is 6.92 Å². The lowest BCUT2D eigenvalue weighted by atomic mass is 10.2. The molecule has 2 heterocycles. The molecule has 1 fully saturated rings. The van der Waals surface area contributed by atoms with E-state index in [1.807, 2.05) is 5.51 Å². The minimum absolute atomic E-state index is 0.724. The molecule has 3 nitrogen and oxygen atoms in total. The van der Waals surface area contributed by atoms with Gasteiger partial charge in [0.05, 0.1) is 11.2 Å². The van der Waals surface area contributed by atoms with Gasteiger partial charge >= 0.3 is 0 Å². The van der Waals surface area contributed by atoms with Gasteiger partial charge < -0.3 is 5.32 Å². The Balaban J connectivity index is 1.99. The highest BCUT2D eigenvalue weighted by molar-refractivity contribution is 7.09. The van der Waals surface area contributed by atoms with E-state index in [1.165, 1.54) is 36.5 Å². The van der Waals surface area contributed by atoms with E-state index in [1.54, 1.807) is 11.3 Å². The van der Waals surface area contributed by atoms with Crippen molar-refractivity contribution in [3.63, 3.8) is 0 Å². The van der Waals surface area contributed by atoms with Gasteiger partial charge in [-0.15, -0.1) is 11.3 Å². The molecule has 1 aliphatic heterocycles. The summed E-state index contributed by atoms with van der Waals surface area (Å²) in [6.45, 7) is 8.97. The van der Waals surface area contributed by atoms with E-state index >= 15 is 0 Å². The van der Waals surface area contributed by atoms with Crippen LogP contribution in [0.5, 0.6) is 0 Å². The van der Waals surface area contributed by atoms with Crippen molar-refractivity contribution in [2.24, 2.45) is 0 Å². The minimum atomic E-state index is 0.724. The molecule has 1 aromatic rings. The summed E-state index contributed by atoms with van der Waals surface area (Å²) in [6, 6.07) is 0.724. The third-order valence-electron chi connectivity index (χ3n) is 3.25. The highest BCUT2D eigenvalue weighted by atomic mass is 32.1. The summed E-state index contributed by atoms with van der Waals surface area (Å²) < 4.78 is 0. The van der Waals surface area contributed by atoms with Crippen LogP contribution in [0.25, 0.3) is 0 Å². The van der Waals surface area contributed by atoms with E-state index in [4.69, 9.17) is 0 Å². The van der Waals surface area contributed by atoms with Gasteiger partial charge in [-0.1, -0.05) is 6.92 Å². The summed E-state index contributed by atoms with van der Waals surface area (Å²) in [5.41, 5.74) is 3.17. The van der Waals surface area contributed by atoms with Gasteiger partial charge in [0.15, 0.2) is 0 Å². The van der Waals surface area contributed by atoms with Crippen LogP contribution in [0.3, 0.4) is 0 Å². The molecule has 16 heavy (non-hydrogen) atoms. The first-order chi connectivity index (χ1) is 7.81. The smallest absolute Gasteiger partial charge is 0.0798 e. The lowest BCUT2D eigenvalue weighted by molar-refractivity contribution is 0.201. The number of rotatable bonds is 5. The van der Waals surface area contributed by atoms with Crippen molar-refractivity contribution in [2.75, 3.05) is 19.6 Å². The number of thiazole rings is 1. The fourth-order valence-corrected chi connectivity index (χ4v) is 3.09. The van der Waals surface area contributed by atoms with Gasteiger partial charge in [-0.2, -0.15) is 0 Å². The summed E-state index contributed by atoms with van der Waals surface area (Å²) >= 11 is 1.79. The van der Waals surface area contributed by atoms with E-state index in [0.29, 0.717) is 0 Å². The quantitative estimate of drug-likeness (QED) is 0.852. The van der Waals surface area contributed by atoms with Crippen molar-refractivity contribution in [3.05, 3.63) is 16.1 Å². The predicted octanol–water partition coefficient (Wildman–Crippen LogP) is 2.03. The van der Waals surface area contributed by atoms with E-state index in [0.717, 1.165) is 19.1 Å². The molecular formula is C12H21N3S. The molecule has 0 saturated carbocycles. The zero-order valence-corrected chi connectivity index (χ0v) is 11.0. The van der Waals surface area contributed by atoms with Gasteiger partial charge in [0, 0.05) is 24.0 Å². The Hall–Kier alpha value is -0.450. The summed E-state index contributed by atoms with van der Waals surface area (Å²) in [7, 11) is 0. The summed E-state index contributed by atoms with van der Waals surface area (Å²) in [5.74, 6) is 0. The molecule has 2 rings (SSSR count). The van der Waals surface area contributed by atoms with Gasteiger partial charge in [0.1, 0.15) is 0 Å². The number of hydrogen-bond acceptors (Lipinski definition) is 4. The van der Waals surface area contributed by atoms with Crippen LogP contribution < -0.4 is 5.32 Å². The normalized spacial score (nSPS) is 20.8. The molecule has 0 aromatic carbocycles. The number of hydrogen-bond donors (Lipinski definition) is 1. The molecular weight excluding hydrogens is 218 g/mol. The Morgan fingerprint density at radius 1 is 1.62 bits per heavy atom. The second-order valence-corrected chi connectivity index (χ2v) is 5.42. The van der Waals surface area contributed by atoms with Crippen LogP contribution in [0.4, 0.5) is 0 Å². The zero-order chi connectivity index (χ0) is 11.4. The van der Waals surface area contributed by atoms with Gasteiger partial charge in [0.2, 0.25) is 0 Å². The molecule has 0 radical (unpaired) electrons. The second kappa shape index (κ2) is 5.75. The number of nitrogens with one attached hydrogen (secondary N) is 1. The summed E-state index contributed by atoms with van der Waals surface area (Å²) in [6.07, 6.45) is 2.52. The molecule has 0 spiro atoms. The third kappa shape index (κ3) is 2.81. The Morgan fingerprint density at radius 2 is 2.50 bits per heavy atom. The van der Waals surface area contributed by atoms with E-state index < -0.39 is 0 Å². The first-order valence-electron chi connectivity index (χ1n) is 6.15. The van der Waals surface area contributed by atoms with Crippen LogP contribution >= 0.6 is 11.3 Å². The number of aromatic nitrogens is 1. The van der Waals surface area contributed by atoms with Crippen molar-refractivity contribution in [2.45, 2.75) is 39.3 Å². The third-order valence-corrected chi connectivity index (χ3v) is 4.17. The maximum atomic E-state index is 4.33. The molecule has 1 unspecified atom stereocenters. The molecule has 1 saturated heterocycles. The Morgan fingerprint density at radius 3 is 3.06 bits per heavy atom. The molecule has 0 bridgehead atoms. The fourth-order valence-electron chi connectivity index (χ4n) is 2.29. The lowest BCUT2D eigenvalue weighted by Crippen LogP contribution is -2.36. The second-order valence-electron chi connectivity index (χ2n) is 4.48. The van der Waals surface area contributed by atoms with Crippen molar-refractivity contribution >= 4 is 11.3 Å². The van der Waals surface area contributed by atoms with E-state index in [-0.39, 0.29) is 0 Å². The molecule has 1 aliphatic rings. The lowest BCUT2D eigenvalue weighted by Gasteiger charge is -2.27. The molecule has 1 aromatic heterocycles. The average Bonchev–Trinajstić information content (AvgIpc) is 2.90. The Bertz CT molecular complexity index is 318. The molecule has 0 amide bonds. The van der Waals surface area contributed by atoms with E-state index in [2.05, 4.69) is 29.0 Å².